The van der Waals surface area contributed by atoms with Gasteiger partial charge in [0, 0.05) is 47.8 Å². The Hall–Kier alpha value is -2.95. The third-order valence-corrected chi connectivity index (χ3v) is 4.45. The highest BCUT2D eigenvalue weighted by Gasteiger charge is 2.10. The largest absolute Gasteiger partial charge is 0.385 e. The van der Waals surface area contributed by atoms with Crippen LogP contribution in [0, 0.1) is 0 Å². The van der Waals surface area contributed by atoms with E-state index in [4.69, 9.17) is 0 Å². The van der Waals surface area contributed by atoms with Crippen molar-refractivity contribution in [3.63, 3.8) is 0 Å². The highest BCUT2D eigenvalue weighted by atomic mass is 16.2. The third-order valence-electron chi connectivity index (χ3n) is 4.45. The molecule has 0 bridgehead atoms. The summed E-state index contributed by atoms with van der Waals surface area (Å²) in [7, 11) is 2.01. The number of amides is 2. The molecular formula is C19H20N4O. The minimum absolute atomic E-state index is 0.235. The molecule has 4 rings (SSSR count). The van der Waals surface area contributed by atoms with Crippen LogP contribution >= 0.6 is 0 Å². The summed E-state index contributed by atoms with van der Waals surface area (Å²) in [6, 6.07) is 13.7. The number of anilines is 3. The molecule has 1 aliphatic heterocycles. The third kappa shape index (κ3) is 2.80. The number of nitrogens with one attached hydrogen (secondary N) is 3. The number of urea groups is 1. The molecular weight excluding hydrogens is 300 g/mol. The Labute approximate surface area is 140 Å². The number of hydrogen-bond donors (Lipinski definition) is 3. The Bertz CT molecular complexity index is 913. The van der Waals surface area contributed by atoms with Crippen molar-refractivity contribution in [3.05, 3.63) is 54.2 Å². The SMILES string of the molecule is Cn1ccc2cc(NC(=O)Nc3ccc4c(c3)NCCC4)ccc21. The van der Waals surface area contributed by atoms with Crippen molar-refractivity contribution in [1.29, 1.82) is 0 Å². The molecule has 0 saturated carbocycles. The molecule has 24 heavy (non-hydrogen) atoms. The van der Waals surface area contributed by atoms with Gasteiger partial charge in [0.1, 0.15) is 0 Å². The van der Waals surface area contributed by atoms with Crippen LogP contribution in [0.2, 0.25) is 0 Å². The number of fused-ring (bicyclic) bond motifs is 2. The second-order valence-corrected chi connectivity index (χ2v) is 6.18. The summed E-state index contributed by atoms with van der Waals surface area (Å²) in [6.07, 6.45) is 4.25. The van der Waals surface area contributed by atoms with Gasteiger partial charge in [-0.2, -0.15) is 0 Å². The lowest BCUT2D eigenvalue weighted by Crippen LogP contribution is -2.20. The van der Waals surface area contributed by atoms with Crippen LogP contribution < -0.4 is 16.0 Å². The summed E-state index contributed by atoms with van der Waals surface area (Å²) in [5.74, 6) is 0. The van der Waals surface area contributed by atoms with Crippen molar-refractivity contribution in [2.75, 3.05) is 22.5 Å². The number of aryl methyl sites for hydroxylation is 2. The quantitative estimate of drug-likeness (QED) is 0.663. The number of nitrogens with zero attached hydrogens (tertiary/aromatic N) is 1. The molecule has 5 nitrogen and oxygen atoms in total. The Morgan fingerprint density at radius 2 is 1.88 bits per heavy atom. The maximum atomic E-state index is 12.2. The minimum Gasteiger partial charge on any atom is -0.385 e. The van der Waals surface area contributed by atoms with Crippen LogP contribution in [0.1, 0.15) is 12.0 Å². The fourth-order valence-corrected chi connectivity index (χ4v) is 3.19. The van der Waals surface area contributed by atoms with Crippen LogP contribution in [0.4, 0.5) is 21.9 Å². The first kappa shape index (κ1) is 14.6. The monoisotopic (exact) mass is 320 g/mol. The van der Waals surface area contributed by atoms with Gasteiger partial charge in [-0.1, -0.05) is 6.07 Å². The zero-order chi connectivity index (χ0) is 16.5. The van der Waals surface area contributed by atoms with Gasteiger partial charge in [0.2, 0.25) is 0 Å². The number of carbonyl (C=O) groups is 1. The van der Waals surface area contributed by atoms with E-state index in [1.807, 2.05) is 49.6 Å². The molecule has 122 valence electrons. The molecule has 3 N–H and O–H groups in total. The van der Waals surface area contributed by atoms with Gasteiger partial charge in [0.25, 0.3) is 0 Å². The van der Waals surface area contributed by atoms with Crippen LogP contribution in [-0.4, -0.2) is 17.1 Å². The molecule has 2 heterocycles. The molecule has 2 aromatic carbocycles. The van der Waals surface area contributed by atoms with Crippen LogP contribution in [0.25, 0.3) is 10.9 Å². The van der Waals surface area contributed by atoms with Crippen LogP contribution in [0.3, 0.4) is 0 Å². The van der Waals surface area contributed by atoms with E-state index in [1.165, 1.54) is 5.56 Å². The Kier molecular flexibility index (Phi) is 3.61. The normalized spacial score (nSPS) is 13.2. The molecule has 1 aliphatic rings. The van der Waals surface area contributed by atoms with E-state index in [2.05, 4.69) is 26.6 Å². The molecule has 0 spiro atoms. The molecule has 3 aromatic rings. The van der Waals surface area contributed by atoms with Gasteiger partial charge in [-0.05, 0) is 54.8 Å². The minimum atomic E-state index is -0.235. The Morgan fingerprint density at radius 1 is 1.08 bits per heavy atom. The van der Waals surface area contributed by atoms with Crippen molar-refractivity contribution < 1.29 is 4.79 Å². The van der Waals surface area contributed by atoms with E-state index in [1.54, 1.807) is 0 Å². The molecule has 0 atom stereocenters. The number of aromatic nitrogens is 1. The van der Waals surface area contributed by atoms with Crippen molar-refractivity contribution in [3.8, 4) is 0 Å². The topological polar surface area (TPSA) is 58.1 Å². The summed E-state index contributed by atoms with van der Waals surface area (Å²) >= 11 is 0. The zero-order valence-corrected chi connectivity index (χ0v) is 13.6. The molecule has 0 saturated heterocycles. The van der Waals surface area contributed by atoms with Gasteiger partial charge in [0.15, 0.2) is 0 Å². The van der Waals surface area contributed by atoms with Crippen LogP contribution in [0.5, 0.6) is 0 Å². The highest BCUT2D eigenvalue weighted by Crippen LogP contribution is 2.25. The van der Waals surface area contributed by atoms with E-state index in [9.17, 15) is 4.79 Å². The number of rotatable bonds is 2. The van der Waals surface area contributed by atoms with Gasteiger partial charge in [-0.15, -0.1) is 0 Å². The van der Waals surface area contributed by atoms with E-state index in [-0.39, 0.29) is 6.03 Å². The number of carbonyl (C=O) groups excluding carboxylic acids is 1. The van der Waals surface area contributed by atoms with Crippen molar-refractivity contribution in [1.82, 2.24) is 4.57 Å². The van der Waals surface area contributed by atoms with Gasteiger partial charge in [-0.3, -0.25) is 0 Å². The lowest BCUT2D eigenvalue weighted by Gasteiger charge is -2.19. The van der Waals surface area contributed by atoms with E-state index in [0.717, 1.165) is 47.4 Å². The Morgan fingerprint density at radius 3 is 2.75 bits per heavy atom. The van der Waals surface area contributed by atoms with E-state index < -0.39 is 0 Å². The lowest BCUT2D eigenvalue weighted by atomic mass is 10.0. The predicted molar refractivity (Wildman–Crippen MR) is 98.8 cm³/mol. The average molecular weight is 320 g/mol. The second kappa shape index (κ2) is 5.92. The molecule has 0 fully saturated rings. The van der Waals surface area contributed by atoms with Crippen molar-refractivity contribution >= 4 is 34.0 Å². The first-order valence-corrected chi connectivity index (χ1v) is 8.19. The van der Waals surface area contributed by atoms with Gasteiger partial charge in [0.05, 0.1) is 0 Å². The molecule has 0 radical (unpaired) electrons. The van der Waals surface area contributed by atoms with Crippen LogP contribution in [0.15, 0.2) is 48.7 Å². The summed E-state index contributed by atoms with van der Waals surface area (Å²) < 4.78 is 2.05. The summed E-state index contributed by atoms with van der Waals surface area (Å²) in [5.41, 5.74) is 5.14. The average Bonchev–Trinajstić information content (AvgIpc) is 2.95. The molecule has 1 aromatic heterocycles. The van der Waals surface area contributed by atoms with E-state index >= 15 is 0 Å². The van der Waals surface area contributed by atoms with Crippen molar-refractivity contribution in [2.45, 2.75) is 12.8 Å². The first-order valence-electron chi connectivity index (χ1n) is 8.19. The standard InChI is InChI=1S/C19H20N4O/c1-23-10-8-14-11-15(6-7-18(14)23)21-19(24)22-16-5-4-13-3-2-9-20-17(13)12-16/h4-8,10-12,20H,2-3,9H2,1H3,(H2,21,22,24). The van der Waals surface area contributed by atoms with Gasteiger partial charge in [-0.25, -0.2) is 4.79 Å². The fraction of sp³-hybridized carbons (Fsp3) is 0.211. The highest BCUT2D eigenvalue weighted by molar-refractivity contribution is 6.01. The summed E-state index contributed by atoms with van der Waals surface area (Å²) in [6.45, 7) is 0.986. The van der Waals surface area contributed by atoms with Crippen molar-refractivity contribution in [2.24, 2.45) is 7.05 Å². The lowest BCUT2D eigenvalue weighted by molar-refractivity contribution is 0.262. The van der Waals surface area contributed by atoms with Crippen LogP contribution in [-0.2, 0) is 13.5 Å². The van der Waals surface area contributed by atoms with Gasteiger partial charge >= 0.3 is 6.03 Å². The fourth-order valence-electron chi connectivity index (χ4n) is 3.19. The summed E-state index contributed by atoms with van der Waals surface area (Å²) in [5, 5.41) is 10.3. The smallest absolute Gasteiger partial charge is 0.323 e. The molecule has 2 amide bonds. The number of hydrogen-bond acceptors (Lipinski definition) is 2. The van der Waals surface area contributed by atoms with Gasteiger partial charge < -0.3 is 20.5 Å². The predicted octanol–water partition coefficient (Wildman–Crippen LogP) is 4.18. The second-order valence-electron chi connectivity index (χ2n) is 6.18. The summed E-state index contributed by atoms with van der Waals surface area (Å²) in [4.78, 5) is 12.2. The maximum Gasteiger partial charge on any atom is 0.323 e. The molecule has 5 heteroatoms. The maximum absolute atomic E-state index is 12.2. The number of benzene rings is 2. The zero-order valence-electron chi connectivity index (χ0n) is 13.6. The molecule has 0 unspecified atom stereocenters. The Balaban J connectivity index is 1.47. The first-order chi connectivity index (χ1) is 11.7. The van der Waals surface area contributed by atoms with E-state index in [0.29, 0.717) is 0 Å². The molecule has 0 aliphatic carbocycles.